The molecule has 1 N–H and O–H groups in total. The summed E-state index contributed by atoms with van der Waals surface area (Å²) in [5.74, 6) is 0.850. The molecule has 0 atom stereocenters. The van der Waals surface area contributed by atoms with Crippen molar-refractivity contribution in [3.8, 4) is 0 Å². The van der Waals surface area contributed by atoms with Crippen molar-refractivity contribution in [2.75, 3.05) is 6.54 Å². The summed E-state index contributed by atoms with van der Waals surface area (Å²) in [4.78, 5) is 4.45. The van der Waals surface area contributed by atoms with Crippen LogP contribution in [0, 0.1) is 5.92 Å². The normalized spacial score (nSPS) is 31.4. The monoisotopic (exact) mass is 210 g/mol. The van der Waals surface area contributed by atoms with Crippen molar-refractivity contribution in [2.24, 2.45) is 5.92 Å². The molecule has 3 heteroatoms. The van der Waals surface area contributed by atoms with Gasteiger partial charge in [-0.3, -0.25) is 0 Å². The molecule has 0 aromatic carbocycles. The van der Waals surface area contributed by atoms with E-state index < -0.39 is 0 Å². The largest absolute Gasteiger partial charge is 0.305 e. The highest BCUT2D eigenvalue weighted by molar-refractivity contribution is 7.09. The molecular formula is C11H18N2S. The molecule has 1 heterocycles. The fraction of sp³-hybridized carbons (Fsp3) is 0.727. The van der Waals surface area contributed by atoms with Gasteiger partial charge in [0.25, 0.3) is 0 Å². The quantitative estimate of drug-likeness (QED) is 0.826. The number of nitrogens with zero attached hydrogens (tertiary/aromatic N) is 1. The van der Waals surface area contributed by atoms with Gasteiger partial charge in [-0.15, -0.1) is 11.3 Å². The summed E-state index contributed by atoms with van der Waals surface area (Å²) in [5, 5.41) is 7.02. The van der Waals surface area contributed by atoms with E-state index in [9.17, 15) is 0 Å². The van der Waals surface area contributed by atoms with E-state index in [1.165, 1.54) is 24.3 Å². The number of hydrogen-bond acceptors (Lipinski definition) is 3. The molecule has 78 valence electrons. The summed E-state index contributed by atoms with van der Waals surface area (Å²) < 4.78 is 0. The first-order valence-electron chi connectivity index (χ1n) is 5.42. The van der Waals surface area contributed by atoms with Gasteiger partial charge in [0.1, 0.15) is 5.01 Å². The molecular weight excluding hydrogens is 192 g/mol. The highest BCUT2D eigenvalue weighted by atomic mass is 32.1. The van der Waals surface area contributed by atoms with Gasteiger partial charge in [-0.1, -0.05) is 13.8 Å². The lowest BCUT2D eigenvalue weighted by Gasteiger charge is -2.46. The Balaban J connectivity index is 2.08. The second kappa shape index (κ2) is 3.99. The Hall–Kier alpha value is -0.410. The zero-order valence-corrected chi connectivity index (χ0v) is 9.73. The van der Waals surface area contributed by atoms with Crippen molar-refractivity contribution in [3.05, 3.63) is 16.6 Å². The van der Waals surface area contributed by atoms with Crippen molar-refractivity contribution in [2.45, 2.75) is 38.6 Å². The molecule has 2 rings (SSSR count). The first-order chi connectivity index (χ1) is 6.77. The fourth-order valence-electron chi connectivity index (χ4n) is 2.35. The number of hydrogen-bond donors (Lipinski definition) is 1. The number of nitrogens with one attached hydrogen (secondary N) is 1. The van der Waals surface area contributed by atoms with Gasteiger partial charge in [0.15, 0.2) is 0 Å². The lowest BCUT2D eigenvalue weighted by Crippen LogP contribution is -2.52. The Kier molecular flexibility index (Phi) is 2.88. The molecule has 1 aromatic rings. The third-order valence-corrected chi connectivity index (χ3v) is 3.93. The van der Waals surface area contributed by atoms with Crippen molar-refractivity contribution in [1.29, 1.82) is 0 Å². The SMILES string of the molecule is CCCNC1(c2nccs2)CC(C)C1. The van der Waals surface area contributed by atoms with Crippen LogP contribution in [0.25, 0.3) is 0 Å². The second-order valence-electron chi connectivity index (χ2n) is 4.36. The summed E-state index contributed by atoms with van der Waals surface area (Å²) >= 11 is 1.78. The van der Waals surface area contributed by atoms with Gasteiger partial charge >= 0.3 is 0 Å². The summed E-state index contributed by atoms with van der Waals surface area (Å²) in [6, 6.07) is 0. The van der Waals surface area contributed by atoms with Crippen LogP contribution in [-0.4, -0.2) is 11.5 Å². The van der Waals surface area contributed by atoms with Crippen LogP contribution in [0.3, 0.4) is 0 Å². The lowest BCUT2D eigenvalue weighted by molar-refractivity contribution is 0.115. The van der Waals surface area contributed by atoms with Crippen LogP contribution in [0.2, 0.25) is 0 Å². The molecule has 1 aromatic heterocycles. The van der Waals surface area contributed by atoms with Crippen molar-refractivity contribution < 1.29 is 0 Å². The van der Waals surface area contributed by atoms with E-state index in [0.29, 0.717) is 0 Å². The summed E-state index contributed by atoms with van der Waals surface area (Å²) in [7, 11) is 0. The average Bonchev–Trinajstić information content (AvgIpc) is 2.63. The van der Waals surface area contributed by atoms with Crippen LogP contribution in [-0.2, 0) is 5.54 Å². The number of rotatable bonds is 4. The Bertz CT molecular complexity index is 275. The van der Waals surface area contributed by atoms with Gasteiger partial charge in [0.05, 0.1) is 5.54 Å². The predicted octanol–water partition coefficient (Wildman–Crippen LogP) is 2.77. The van der Waals surface area contributed by atoms with E-state index in [4.69, 9.17) is 0 Å². The zero-order valence-electron chi connectivity index (χ0n) is 8.92. The molecule has 0 spiro atoms. The van der Waals surface area contributed by atoms with Crippen molar-refractivity contribution in [1.82, 2.24) is 10.3 Å². The zero-order chi connectivity index (χ0) is 10.0. The maximum Gasteiger partial charge on any atom is 0.113 e. The van der Waals surface area contributed by atoms with E-state index in [1.54, 1.807) is 11.3 Å². The van der Waals surface area contributed by atoms with Gasteiger partial charge in [0, 0.05) is 11.6 Å². The first-order valence-corrected chi connectivity index (χ1v) is 6.30. The van der Waals surface area contributed by atoms with E-state index >= 15 is 0 Å². The van der Waals surface area contributed by atoms with Crippen LogP contribution in [0.1, 0.15) is 38.1 Å². The van der Waals surface area contributed by atoms with Crippen LogP contribution in [0.5, 0.6) is 0 Å². The van der Waals surface area contributed by atoms with Gasteiger partial charge in [-0.25, -0.2) is 4.98 Å². The minimum atomic E-state index is 0.226. The van der Waals surface area contributed by atoms with E-state index in [2.05, 4.69) is 29.5 Å². The fourth-order valence-corrected chi connectivity index (χ4v) is 3.19. The summed E-state index contributed by atoms with van der Waals surface area (Å²) in [6.45, 7) is 5.64. The van der Waals surface area contributed by atoms with Crippen molar-refractivity contribution >= 4 is 11.3 Å². The van der Waals surface area contributed by atoms with Crippen LogP contribution >= 0.6 is 11.3 Å². The number of thiazole rings is 1. The molecule has 0 bridgehead atoms. The molecule has 1 fully saturated rings. The third-order valence-electron chi connectivity index (χ3n) is 2.95. The molecule has 14 heavy (non-hydrogen) atoms. The Morgan fingerprint density at radius 3 is 2.93 bits per heavy atom. The molecule has 1 aliphatic rings. The standard InChI is InChI=1S/C11H18N2S/c1-3-4-13-11(7-9(2)8-11)10-12-5-6-14-10/h5-6,9,13H,3-4,7-8H2,1-2H3. The molecule has 1 saturated carbocycles. The molecule has 0 aliphatic heterocycles. The van der Waals surface area contributed by atoms with E-state index in [0.717, 1.165) is 12.5 Å². The van der Waals surface area contributed by atoms with Gasteiger partial charge < -0.3 is 5.32 Å². The van der Waals surface area contributed by atoms with E-state index in [-0.39, 0.29) is 5.54 Å². The van der Waals surface area contributed by atoms with Crippen LogP contribution in [0.15, 0.2) is 11.6 Å². The highest BCUT2D eigenvalue weighted by Gasteiger charge is 2.44. The lowest BCUT2D eigenvalue weighted by atomic mass is 9.69. The van der Waals surface area contributed by atoms with Crippen LogP contribution in [0.4, 0.5) is 0 Å². The summed E-state index contributed by atoms with van der Waals surface area (Å²) in [6.07, 6.45) is 5.61. The van der Waals surface area contributed by atoms with Gasteiger partial charge in [0.2, 0.25) is 0 Å². The molecule has 2 nitrogen and oxygen atoms in total. The smallest absolute Gasteiger partial charge is 0.113 e. The maximum absolute atomic E-state index is 4.45. The molecule has 0 saturated heterocycles. The maximum atomic E-state index is 4.45. The van der Waals surface area contributed by atoms with E-state index in [1.807, 2.05) is 6.20 Å². The Morgan fingerprint density at radius 1 is 1.64 bits per heavy atom. The number of aromatic nitrogens is 1. The second-order valence-corrected chi connectivity index (χ2v) is 5.25. The molecule has 0 amide bonds. The molecule has 0 unspecified atom stereocenters. The average molecular weight is 210 g/mol. The minimum absolute atomic E-state index is 0.226. The van der Waals surface area contributed by atoms with Gasteiger partial charge in [-0.05, 0) is 31.7 Å². The molecule has 0 radical (unpaired) electrons. The highest BCUT2D eigenvalue weighted by Crippen LogP contribution is 2.45. The topological polar surface area (TPSA) is 24.9 Å². The Labute approximate surface area is 89.8 Å². The van der Waals surface area contributed by atoms with Gasteiger partial charge in [-0.2, -0.15) is 0 Å². The third kappa shape index (κ3) is 1.71. The Morgan fingerprint density at radius 2 is 2.43 bits per heavy atom. The molecule has 1 aliphatic carbocycles. The van der Waals surface area contributed by atoms with Crippen LogP contribution < -0.4 is 5.32 Å². The predicted molar refractivity (Wildman–Crippen MR) is 60.5 cm³/mol. The van der Waals surface area contributed by atoms with Crippen molar-refractivity contribution in [3.63, 3.8) is 0 Å². The summed E-state index contributed by atoms with van der Waals surface area (Å²) in [5.41, 5.74) is 0.226. The first kappa shape index (κ1) is 10.1. The minimum Gasteiger partial charge on any atom is -0.305 e.